The van der Waals surface area contributed by atoms with Crippen molar-refractivity contribution < 1.29 is 19.1 Å². The van der Waals surface area contributed by atoms with Crippen molar-refractivity contribution >= 4 is 39.3 Å². The SMILES string of the molecule is CCC(=O)N[C@@H](Cc1nc2ccc(C(C)C)cc2s1)C(=O)N[C@H](CNC(=O)C(C)CN1CCOCC1)C1CCCCC1. The Kier molecular flexibility index (Phi) is 12.2. The van der Waals surface area contributed by atoms with Gasteiger partial charge in [-0.05, 0) is 42.4 Å². The molecule has 1 aromatic carbocycles. The molecule has 2 heterocycles. The van der Waals surface area contributed by atoms with Gasteiger partial charge in [0.15, 0.2) is 0 Å². The molecule has 2 aromatic rings. The van der Waals surface area contributed by atoms with Crippen LogP contribution in [0.1, 0.15) is 82.7 Å². The van der Waals surface area contributed by atoms with Gasteiger partial charge in [-0.2, -0.15) is 0 Å². The molecule has 2 fully saturated rings. The molecule has 3 N–H and O–H groups in total. The number of aromatic nitrogens is 1. The molecule has 42 heavy (non-hydrogen) atoms. The minimum atomic E-state index is -0.732. The minimum Gasteiger partial charge on any atom is -0.379 e. The lowest BCUT2D eigenvalue weighted by atomic mass is 9.83. The van der Waals surface area contributed by atoms with Gasteiger partial charge in [0.25, 0.3) is 0 Å². The van der Waals surface area contributed by atoms with Gasteiger partial charge in [-0.25, -0.2) is 4.98 Å². The third kappa shape index (κ3) is 9.22. The monoisotopic (exact) mass is 599 g/mol. The number of amides is 3. The average molecular weight is 600 g/mol. The second-order valence-electron chi connectivity index (χ2n) is 12.2. The highest BCUT2D eigenvalue weighted by Gasteiger charge is 2.30. The molecule has 1 aliphatic carbocycles. The van der Waals surface area contributed by atoms with Crippen LogP contribution >= 0.6 is 11.3 Å². The van der Waals surface area contributed by atoms with Gasteiger partial charge in [-0.15, -0.1) is 11.3 Å². The van der Waals surface area contributed by atoms with Crippen LogP contribution < -0.4 is 16.0 Å². The first-order valence-electron chi connectivity index (χ1n) is 15.8. The molecule has 3 atom stereocenters. The first-order chi connectivity index (χ1) is 20.2. The van der Waals surface area contributed by atoms with Gasteiger partial charge in [-0.1, -0.05) is 53.0 Å². The van der Waals surface area contributed by atoms with Crippen LogP contribution in [0.25, 0.3) is 10.2 Å². The molecule has 232 valence electrons. The lowest BCUT2D eigenvalue weighted by Crippen LogP contribution is -2.55. The highest BCUT2D eigenvalue weighted by Crippen LogP contribution is 2.28. The summed E-state index contributed by atoms with van der Waals surface area (Å²) in [5.74, 6) is 0.169. The van der Waals surface area contributed by atoms with Crippen LogP contribution in [0.3, 0.4) is 0 Å². The predicted octanol–water partition coefficient (Wildman–Crippen LogP) is 4.01. The Morgan fingerprint density at radius 1 is 1.05 bits per heavy atom. The fraction of sp³-hybridized carbons (Fsp3) is 0.688. The summed E-state index contributed by atoms with van der Waals surface area (Å²) in [5, 5.41) is 10.1. The van der Waals surface area contributed by atoms with Crippen LogP contribution in [0, 0.1) is 11.8 Å². The van der Waals surface area contributed by atoms with E-state index in [1.54, 1.807) is 18.3 Å². The van der Waals surface area contributed by atoms with Crippen molar-refractivity contribution in [2.24, 2.45) is 11.8 Å². The standard InChI is InChI=1S/C32H49N5O4S/c1-5-29(38)34-26(18-30-35-25-12-11-24(21(2)3)17-28(25)42-30)32(40)36-27(23-9-7-6-8-10-23)19-33-31(39)22(4)20-37-13-15-41-16-14-37/h11-12,17,21-23,26-27H,5-10,13-16,18-20H2,1-4H3,(H,33,39)(H,34,38)(H,36,40)/t22?,26-,27+/m0/s1. The van der Waals surface area contributed by atoms with Crippen molar-refractivity contribution in [3.8, 4) is 0 Å². The van der Waals surface area contributed by atoms with E-state index in [1.165, 1.54) is 12.0 Å². The average Bonchev–Trinajstić information content (AvgIpc) is 3.41. The lowest BCUT2D eigenvalue weighted by molar-refractivity contribution is -0.130. The molecule has 1 saturated carbocycles. The van der Waals surface area contributed by atoms with Crippen molar-refractivity contribution in [1.29, 1.82) is 0 Å². The highest BCUT2D eigenvalue weighted by molar-refractivity contribution is 7.18. The second kappa shape index (κ2) is 15.8. The second-order valence-corrected chi connectivity index (χ2v) is 13.4. The highest BCUT2D eigenvalue weighted by atomic mass is 32.1. The van der Waals surface area contributed by atoms with E-state index in [1.807, 2.05) is 13.0 Å². The quantitative estimate of drug-likeness (QED) is 0.321. The number of nitrogens with one attached hydrogen (secondary N) is 3. The van der Waals surface area contributed by atoms with E-state index in [9.17, 15) is 14.4 Å². The number of fused-ring (bicyclic) bond motifs is 1. The Morgan fingerprint density at radius 3 is 2.48 bits per heavy atom. The van der Waals surface area contributed by atoms with Crippen molar-refractivity contribution in [1.82, 2.24) is 25.8 Å². The number of hydrogen-bond acceptors (Lipinski definition) is 7. The Hall–Kier alpha value is -2.56. The Morgan fingerprint density at radius 2 is 1.79 bits per heavy atom. The largest absolute Gasteiger partial charge is 0.379 e. The summed E-state index contributed by atoms with van der Waals surface area (Å²) in [7, 11) is 0. The molecular weight excluding hydrogens is 550 g/mol. The maximum absolute atomic E-state index is 13.8. The van der Waals surface area contributed by atoms with Gasteiger partial charge >= 0.3 is 0 Å². The zero-order valence-corrected chi connectivity index (χ0v) is 26.6. The molecule has 0 radical (unpaired) electrons. The minimum absolute atomic E-state index is 0.00243. The Labute approximate surface area is 254 Å². The molecule has 1 aromatic heterocycles. The molecule has 4 rings (SSSR count). The van der Waals surface area contributed by atoms with Crippen molar-refractivity contribution in [2.75, 3.05) is 39.4 Å². The molecule has 0 bridgehead atoms. The smallest absolute Gasteiger partial charge is 0.243 e. The van der Waals surface area contributed by atoms with Gasteiger partial charge in [0.05, 0.1) is 28.4 Å². The maximum Gasteiger partial charge on any atom is 0.243 e. The Balaban J connectivity index is 1.43. The van der Waals surface area contributed by atoms with Gasteiger partial charge in [0.1, 0.15) is 6.04 Å². The Bertz CT molecular complexity index is 1190. The molecule has 1 aliphatic heterocycles. The number of hydrogen-bond donors (Lipinski definition) is 3. The zero-order valence-electron chi connectivity index (χ0n) is 25.7. The number of carbonyl (C=O) groups excluding carboxylic acids is 3. The summed E-state index contributed by atoms with van der Waals surface area (Å²) in [5.41, 5.74) is 2.16. The fourth-order valence-corrected chi connectivity index (χ4v) is 6.97. The van der Waals surface area contributed by atoms with E-state index in [0.29, 0.717) is 45.1 Å². The van der Waals surface area contributed by atoms with Gasteiger partial charge in [0.2, 0.25) is 17.7 Å². The van der Waals surface area contributed by atoms with E-state index >= 15 is 0 Å². The molecular formula is C32H49N5O4S. The maximum atomic E-state index is 13.8. The van der Waals surface area contributed by atoms with E-state index in [-0.39, 0.29) is 35.6 Å². The summed E-state index contributed by atoms with van der Waals surface area (Å²) in [6, 6.07) is 5.38. The molecule has 0 spiro atoms. The van der Waals surface area contributed by atoms with E-state index in [4.69, 9.17) is 9.72 Å². The van der Waals surface area contributed by atoms with Crippen LogP contribution in [0.15, 0.2) is 18.2 Å². The third-order valence-electron chi connectivity index (χ3n) is 8.60. The van der Waals surface area contributed by atoms with Crippen LogP contribution in [-0.4, -0.2) is 79.1 Å². The summed E-state index contributed by atoms with van der Waals surface area (Å²) >= 11 is 1.58. The summed E-state index contributed by atoms with van der Waals surface area (Å²) in [6.45, 7) is 12.3. The first-order valence-corrected chi connectivity index (χ1v) is 16.6. The van der Waals surface area contributed by atoms with Gasteiger partial charge in [0, 0.05) is 51.0 Å². The van der Waals surface area contributed by atoms with Crippen LogP contribution in [0.5, 0.6) is 0 Å². The van der Waals surface area contributed by atoms with Crippen LogP contribution in [0.2, 0.25) is 0 Å². The molecule has 1 saturated heterocycles. The topological polar surface area (TPSA) is 113 Å². The van der Waals surface area contributed by atoms with Crippen molar-refractivity contribution in [2.45, 2.75) is 90.6 Å². The number of ether oxygens (including phenoxy) is 1. The summed E-state index contributed by atoms with van der Waals surface area (Å²) in [4.78, 5) is 46.3. The first kappa shape index (κ1) is 32.4. The number of benzene rings is 1. The molecule has 1 unspecified atom stereocenters. The number of thiazole rings is 1. The molecule has 2 aliphatic rings. The number of carbonyl (C=O) groups is 3. The zero-order chi connectivity index (χ0) is 30.1. The third-order valence-corrected chi connectivity index (χ3v) is 9.64. The van der Waals surface area contributed by atoms with Gasteiger partial charge < -0.3 is 20.7 Å². The van der Waals surface area contributed by atoms with E-state index in [2.05, 4.69) is 46.8 Å². The van der Waals surface area contributed by atoms with E-state index < -0.39 is 6.04 Å². The number of nitrogens with zero attached hydrogens (tertiary/aromatic N) is 2. The molecule has 3 amide bonds. The lowest BCUT2D eigenvalue weighted by Gasteiger charge is -2.33. The fourth-order valence-electron chi connectivity index (χ4n) is 5.91. The van der Waals surface area contributed by atoms with Crippen LogP contribution in [0.4, 0.5) is 0 Å². The number of rotatable bonds is 13. The summed E-state index contributed by atoms with van der Waals surface area (Å²) in [6.07, 6.45) is 6.11. The molecule has 10 heteroatoms. The normalized spacial score (nSPS) is 18.9. The van der Waals surface area contributed by atoms with Crippen LogP contribution in [-0.2, 0) is 25.5 Å². The predicted molar refractivity (Wildman–Crippen MR) is 168 cm³/mol. The summed E-state index contributed by atoms with van der Waals surface area (Å²) < 4.78 is 6.52. The molecule has 9 nitrogen and oxygen atoms in total. The number of morpholine rings is 1. The van der Waals surface area contributed by atoms with Crippen molar-refractivity contribution in [3.05, 3.63) is 28.8 Å². The van der Waals surface area contributed by atoms with E-state index in [0.717, 1.165) is 54.0 Å². The van der Waals surface area contributed by atoms with Crippen molar-refractivity contribution in [3.63, 3.8) is 0 Å². The van der Waals surface area contributed by atoms with Gasteiger partial charge in [-0.3, -0.25) is 19.3 Å².